The second-order valence-electron chi connectivity index (χ2n) is 5.97. The van der Waals surface area contributed by atoms with Gasteiger partial charge in [-0.2, -0.15) is 0 Å². The standard InChI is InChI=1S/C20H15ClN2O2S/c1-12-7-8-15-17(9-12)26-19(18(15)21)20(24)22-11-14-10-16(23-25-14)13-5-3-2-4-6-13/h2-10H,11H2,1H3,(H,22,24). The van der Waals surface area contributed by atoms with Gasteiger partial charge in [-0.25, -0.2) is 0 Å². The van der Waals surface area contributed by atoms with Gasteiger partial charge < -0.3 is 9.84 Å². The molecule has 0 fully saturated rings. The number of nitrogens with one attached hydrogen (secondary N) is 1. The van der Waals surface area contributed by atoms with Crippen molar-refractivity contribution in [3.63, 3.8) is 0 Å². The van der Waals surface area contributed by atoms with Crippen molar-refractivity contribution >= 4 is 38.9 Å². The van der Waals surface area contributed by atoms with Crippen molar-refractivity contribution in [2.75, 3.05) is 0 Å². The number of aryl methyl sites for hydroxylation is 1. The summed E-state index contributed by atoms with van der Waals surface area (Å²) in [6.45, 7) is 2.27. The Balaban J connectivity index is 1.49. The van der Waals surface area contributed by atoms with Crippen molar-refractivity contribution in [1.82, 2.24) is 10.5 Å². The number of benzene rings is 2. The first-order valence-corrected chi connectivity index (χ1v) is 9.29. The van der Waals surface area contributed by atoms with Crippen LogP contribution in [-0.2, 0) is 6.54 Å². The van der Waals surface area contributed by atoms with E-state index in [1.165, 1.54) is 11.3 Å². The molecule has 0 atom stereocenters. The second kappa shape index (κ2) is 6.94. The van der Waals surface area contributed by atoms with Gasteiger partial charge in [0.05, 0.1) is 11.6 Å². The van der Waals surface area contributed by atoms with Gasteiger partial charge >= 0.3 is 0 Å². The summed E-state index contributed by atoms with van der Waals surface area (Å²) in [4.78, 5) is 13.0. The number of rotatable bonds is 4. The molecule has 2 aromatic heterocycles. The van der Waals surface area contributed by atoms with Gasteiger partial charge in [-0.3, -0.25) is 4.79 Å². The summed E-state index contributed by atoms with van der Waals surface area (Å²) in [5.74, 6) is 0.372. The molecule has 0 saturated carbocycles. The van der Waals surface area contributed by atoms with E-state index in [4.69, 9.17) is 16.1 Å². The lowest BCUT2D eigenvalue weighted by molar-refractivity contribution is 0.0951. The molecule has 2 aromatic carbocycles. The monoisotopic (exact) mass is 382 g/mol. The van der Waals surface area contributed by atoms with Crippen molar-refractivity contribution in [2.45, 2.75) is 13.5 Å². The molecule has 1 N–H and O–H groups in total. The van der Waals surface area contributed by atoms with Crippen LogP contribution in [0.5, 0.6) is 0 Å². The first kappa shape index (κ1) is 16.8. The minimum Gasteiger partial charge on any atom is -0.359 e. The Kier molecular flexibility index (Phi) is 4.49. The Hall–Kier alpha value is -2.63. The van der Waals surface area contributed by atoms with Crippen LogP contribution in [0.4, 0.5) is 0 Å². The average Bonchev–Trinajstić information content (AvgIpc) is 3.25. The van der Waals surface area contributed by atoms with Gasteiger partial charge in [-0.05, 0) is 18.6 Å². The van der Waals surface area contributed by atoms with Gasteiger partial charge in [0, 0.05) is 21.7 Å². The van der Waals surface area contributed by atoms with Crippen molar-refractivity contribution < 1.29 is 9.32 Å². The topological polar surface area (TPSA) is 55.1 Å². The Morgan fingerprint density at radius 2 is 2.00 bits per heavy atom. The highest BCUT2D eigenvalue weighted by atomic mass is 35.5. The van der Waals surface area contributed by atoms with Crippen molar-refractivity contribution in [3.05, 3.63) is 75.8 Å². The number of halogens is 1. The number of amides is 1. The van der Waals surface area contributed by atoms with E-state index in [9.17, 15) is 4.79 Å². The number of thiophene rings is 1. The molecule has 0 aliphatic carbocycles. The molecule has 4 nitrogen and oxygen atoms in total. The number of nitrogens with zero attached hydrogens (tertiary/aromatic N) is 1. The third kappa shape index (κ3) is 3.23. The van der Waals surface area contributed by atoms with Crippen LogP contribution in [0.2, 0.25) is 5.02 Å². The van der Waals surface area contributed by atoms with Crippen LogP contribution >= 0.6 is 22.9 Å². The molecule has 6 heteroatoms. The highest BCUT2D eigenvalue weighted by Gasteiger charge is 2.17. The lowest BCUT2D eigenvalue weighted by Gasteiger charge is -2.00. The van der Waals surface area contributed by atoms with Crippen molar-refractivity contribution in [1.29, 1.82) is 0 Å². The molecule has 0 aliphatic heterocycles. The van der Waals surface area contributed by atoms with Crippen LogP contribution < -0.4 is 5.32 Å². The molecule has 0 spiro atoms. The van der Waals surface area contributed by atoms with E-state index in [0.717, 1.165) is 26.9 Å². The lowest BCUT2D eigenvalue weighted by atomic mass is 10.1. The molecule has 2 heterocycles. The smallest absolute Gasteiger partial charge is 0.263 e. The molecule has 1 amide bonds. The van der Waals surface area contributed by atoms with E-state index < -0.39 is 0 Å². The largest absolute Gasteiger partial charge is 0.359 e. The third-order valence-electron chi connectivity index (χ3n) is 4.04. The summed E-state index contributed by atoms with van der Waals surface area (Å²) in [6, 6.07) is 17.5. The molecular formula is C20H15ClN2O2S. The predicted octanol–water partition coefficient (Wildman–Crippen LogP) is 5.45. The molecule has 4 aromatic rings. The van der Waals surface area contributed by atoms with Crippen molar-refractivity contribution in [2.24, 2.45) is 0 Å². The van der Waals surface area contributed by atoms with Gasteiger partial charge in [0.25, 0.3) is 5.91 Å². The van der Waals surface area contributed by atoms with Gasteiger partial charge in [0.2, 0.25) is 0 Å². The van der Waals surface area contributed by atoms with Crippen LogP contribution in [0.25, 0.3) is 21.3 Å². The summed E-state index contributed by atoms with van der Waals surface area (Å²) < 4.78 is 6.32. The zero-order valence-electron chi connectivity index (χ0n) is 14.0. The summed E-state index contributed by atoms with van der Waals surface area (Å²) in [7, 11) is 0. The lowest BCUT2D eigenvalue weighted by Crippen LogP contribution is -2.21. The van der Waals surface area contributed by atoms with Crippen LogP contribution in [0, 0.1) is 6.92 Å². The quantitative estimate of drug-likeness (QED) is 0.510. The Bertz CT molecular complexity index is 1090. The molecule has 0 bridgehead atoms. The molecule has 26 heavy (non-hydrogen) atoms. The maximum Gasteiger partial charge on any atom is 0.263 e. The predicted molar refractivity (Wildman–Crippen MR) is 105 cm³/mol. The minimum absolute atomic E-state index is 0.216. The fraction of sp³-hybridized carbons (Fsp3) is 0.100. The van der Waals surface area contributed by atoms with Gasteiger partial charge in [0.15, 0.2) is 5.76 Å². The maximum absolute atomic E-state index is 12.5. The first-order valence-electron chi connectivity index (χ1n) is 8.09. The molecule has 0 radical (unpaired) electrons. The van der Waals surface area contributed by atoms with E-state index >= 15 is 0 Å². The minimum atomic E-state index is -0.216. The number of hydrogen-bond donors (Lipinski definition) is 1. The zero-order valence-corrected chi connectivity index (χ0v) is 15.5. The fourth-order valence-corrected chi connectivity index (χ4v) is 4.24. The number of fused-ring (bicyclic) bond motifs is 1. The summed E-state index contributed by atoms with van der Waals surface area (Å²) in [5, 5.41) is 8.29. The normalized spacial score (nSPS) is 11.0. The highest BCUT2D eigenvalue weighted by Crippen LogP contribution is 2.35. The number of aromatic nitrogens is 1. The fourth-order valence-electron chi connectivity index (χ4n) is 2.71. The first-order chi connectivity index (χ1) is 12.6. The number of carbonyl (C=O) groups is 1. The van der Waals surface area contributed by atoms with E-state index in [0.29, 0.717) is 15.7 Å². The zero-order chi connectivity index (χ0) is 18.1. The van der Waals surface area contributed by atoms with E-state index in [1.54, 1.807) is 0 Å². The van der Waals surface area contributed by atoms with E-state index in [1.807, 2.05) is 61.5 Å². The Morgan fingerprint density at radius 3 is 2.81 bits per heavy atom. The van der Waals surface area contributed by atoms with Gasteiger partial charge in [0.1, 0.15) is 10.6 Å². The molecule has 0 aliphatic rings. The van der Waals surface area contributed by atoms with Crippen molar-refractivity contribution in [3.8, 4) is 11.3 Å². The van der Waals surface area contributed by atoms with Gasteiger partial charge in [-0.15, -0.1) is 11.3 Å². The average molecular weight is 383 g/mol. The Morgan fingerprint density at radius 1 is 1.19 bits per heavy atom. The summed E-state index contributed by atoms with van der Waals surface area (Å²) in [5.41, 5.74) is 2.85. The van der Waals surface area contributed by atoms with E-state index in [-0.39, 0.29) is 12.5 Å². The molecule has 4 rings (SSSR count). The van der Waals surface area contributed by atoms with E-state index in [2.05, 4.69) is 10.5 Å². The molecule has 0 saturated heterocycles. The summed E-state index contributed by atoms with van der Waals surface area (Å²) >= 11 is 7.78. The molecule has 0 unspecified atom stereocenters. The van der Waals surface area contributed by atoms with Crippen LogP contribution in [0.3, 0.4) is 0 Å². The van der Waals surface area contributed by atoms with Crippen LogP contribution in [-0.4, -0.2) is 11.1 Å². The SMILES string of the molecule is Cc1ccc2c(Cl)c(C(=O)NCc3cc(-c4ccccc4)no3)sc2c1. The maximum atomic E-state index is 12.5. The molecule has 130 valence electrons. The third-order valence-corrected chi connectivity index (χ3v) is 5.70. The van der Waals surface area contributed by atoms with Crippen LogP contribution in [0.1, 0.15) is 21.0 Å². The molecular weight excluding hydrogens is 368 g/mol. The van der Waals surface area contributed by atoms with Crippen LogP contribution in [0.15, 0.2) is 59.1 Å². The van der Waals surface area contributed by atoms with Gasteiger partial charge in [-0.1, -0.05) is 59.2 Å². The number of hydrogen-bond acceptors (Lipinski definition) is 4. The second-order valence-corrected chi connectivity index (χ2v) is 7.40. The number of carbonyl (C=O) groups excluding carboxylic acids is 1. The summed E-state index contributed by atoms with van der Waals surface area (Å²) in [6.07, 6.45) is 0. The highest BCUT2D eigenvalue weighted by molar-refractivity contribution is 7.21. The Labute approximate surface area is 159 Å².